The Morgan fingerprint density at radius 2 is 1.81 bits per heavy atom. The molecular formula is C17H23N3O. The zero-order chi connectivity index (χ0) is 15.6. The molecule has 0 atom stereocenters. The van der Waals surface area contributed by atoms with Gasteiger partial charge >= 0.3 is 0 Å². The molecule has 1 aliphatic rings. The van der Waals surface area contributed by atoms with Crippen molar-refractivity contribution in [1.29, 1.82) is 5.26 Å². The van der Waals surface area contributed by atoms with E-state index in [4.69, 9.17) is 5.26 Å². The number of hydrogen-bond acceptors (Lipinski definition) is 4. The van der Waals surface area contributed by atoms with Crippen molar-refractivity contribution in [3.63, 3.8) is 0 Å². The van der Waals surface area contributed by atoms with Gasteiger partial charge in [0.25, 0.3) is 0 Å². The van der Waals surface area contributed by atoms with Gasteiger partial charge in [0.1, 0.15) is 0 Å². The van der Waals surface area contributed by atoms with Crippen LogP contribution in [0.15, 0.2) is 18.2 Å². The van der Waals surface area contributed by atoms with Gasteiger partial charge in [0, 0.05) is 43.0 Å². The van der Waals surface area contributed by atoms with Crippen molar-refractivity contribution in [1.82, 2.24) is 4.90 Å². The maximum Gasteiger partial charge on any atom is 0.161 e. The van der Waals surface area contributed by atoms with E-state index in [9.17, 15) is 4.79 Å². The summed E-state index contributed by atoms with van der Waals surface area (Å²) in [7, 11) is 0. The predicted octanol–water partition coefficient (Wildman–Crippen LogP) is 2.68. The molecule has 0 N–H and O–H groups in total. The summed E-state index contributed by atoms with van der Waals surface area (Å²) in [5.74, 6) is 0.0488. The zero-order valence-corrected chi connectivity index (χ0v) is 13.3. The Labute approximate surface area is 127 Å². The summed E-state index contributed by atoms with van der Waals surface area (Å²) in [6.45, 7) is 11.9. The highest BCUT2D eigenvalue weighted by atomic mass is 16.1. The van der Waals surface area contributed by atoms with E-state index in [0.29, 0.717) is 11.1 Å². The normalized spacial score (nSPS) is 16.6. The molecular weight excluding hydrogens is 262 g/mol. The van der Waals surface area contributed by atoms with Crippen molar-refractivity contribution in [2.75, 3.05) is 31.1 Å². The molecule has 0 unspecified atom stereocenters. The zero-order valence-electron chi connectivity index (χ0n) is 13.3. The van der Waals surface area contributed by atoms with Gasteiger partial charge in [-0.3, -0.25) is 9.69 Å². The van der Waals surface area contributed by atoms with Gasteiger partial charge in [-0.25, -0.2) is 0 Å². The van der Waals surface area contributed by atoms with Gasteiger partial charge in [-0.05, 0) is 45.9 Å². The molecule has 0 radical (unpaired) electrons. The summed E-state index contributed by atoms with van der Waals surface area (Å²) in [5.41, 5.74) is 2.38. The lowest BCUT2D eigenvalue weighted by Gasteiger charge is -2.43. The van der Waals surface area contributed by atoms with Gasteiger partial charge in [-0.1, -0.05) is 0 Å². The van der Waals surface area contributed by atoms with Gasteiger partial charge in [0.2, 0.25) is 0 Å². The van der Waals surface area contributed by atoms with Gasteiger partial charge < -0.3 is 4.90 Å². The van der Waals surface area contributed by atoms with E-state index in [1.807, 2.05) is 6.07 Å². The largest absolute Gasteiger partial charge is 0.368 e. The second-order valence-electron chi connectivity index (χ2n) is 6.54. The highest BCUT2D eigenvalue weighted by molar-refractivity contribution is 6.00. The molecule has 2 rings (SSSR count). The summed E-state index contributed by atoms with van der Waals surface area (Å²) < 4.78 is 0. The maximum atomic E-state index is 11.8. The number of piperazine rings is 1. The maximum absolute atomic E-state index is 11.8. The molecule has 0 aromatic heterocycles. The van der Waals surface area contributed by atoms with Crippen molar-refractivity contribution >= 4 is 11.5 Å². The highest BCUT2D eigenvalue weighted by Crippen LogP contribution is 2.26. The number of rotatable bonds is 2. The Morgan fingerprint density at radius 1 is 1.19 bits per heavy atom. The lowest BCUT2D eigenvalue weighted by atomic mass is 10.0. The molecule has 1 heterocycles. The van der Waals surface area contributed by atoms with E-state index >= 15 is 0 Å². The Morgan fingerprint density at radius 3 is 2.29 bits per heavy atom. The number of anilines is 1. The Balaban J connectivity index is 2.23. The van der Waals surface area contributed by atoms with Crippen molar-refractivity contribution in [2.45, 2.75) is 33.2 Å². The number of nitriles is 1. The van der Waals surface area contributed by atoms with Gasteiger partial charge in [-0.2, -0.15) is 5.26 Å². The third-order valence-electron chi connectivity index (χ3n) is 4.08. The highest BCUT2D eigenvalue weighted by Gasteiger charge is 2.27. The summed E-state index contributed by atoms with van der Waals surface area (Å²) in [5, 5.41) is 9.08. The number of hydrogen-bond donors (Lipinski definition) is 0. The van der Waals surface area contributed by atoms with Crippen LogP contribution < -0.4 is 4.90 Å². The number of carbonyl (C=O) groups excluding carboxylic acids is 1. The van der Waals surface area contributed by atoms with E-state index in [1.165, 1.54) is 0 Å². The molecule has 1 aromatic carbocycles. The fraction of sp³-hybridized carbons (Fsp3) is 0.529. The topological polar surface area (TPSA) is 47.3 Å². The number of carbonyl (C=O) groups is 1. The SMILES string of the molecule is CC(=O)c1ccc(C#N)cc1N1CCN(C(C)(C)C)CC1. The third kappa shape index (κ3) is 3.43. The lowest BCUT2D eigenvalue weighted by molar-refractivity contribution is 0.101. The first kappa shape index (κ1) is 15.5. The predicted molar refractivity (Wildman–Crippen MR) is 84.7 cm³/mol. The summed E-state index contributed by atoms with van der Waals surface area (Å²) in [6, 6.07) is 7.48. The van der Waals surface area contributed by atoms with Crippen LogP contribution in [-0.4, -0.2) is 42.4 Å². The van der Waals surface area contributed by atoms with Crippen molar-refractivity contribution in [2.24, 2.45) is 0 Å². The van der Waals surface area contributed by atoms with Crippen molar-refractivity contribution < 1.29 is 4.79 Å². The molecule has 21 heavy (non-hydrogen) atoms. The van der Waals surface area contributed by atoms with Crippen molar-refractivity contribution in [3.05, 3.63) is 29.3 Å². The average Bonchev–Trinajstić information content (AvgIpc) is 2.45. The minimum Gasteiger partial charge on any atom is -0.368 e. The van der Waals surface area contributed by atoms with E-state index in [0.717, 1.165) is 31.9 Å². The van der Waals surface area contributed by atoms with Gasteiger partial charge in [0.15, 0.2) is 5.78 Å². The van der Waals surface area contributed by atoms with E-state index in [-0.39, 0.29) is 11.3 Å². The van der Waals surface area contributed by atoms with Crippen LogP contribution in [0.25, 0.3) is 0 Å². The van der Waals surface area contributed by atoms with Crippen molar-refractivity contribution in [3.8, 4) is 6.07 Å². The first-order valence-electron chi connectivity index (χ1n) is 7.38. The monoisotopic (exact) mass is 285 g/mol. The first-order chi connectivity index (χ1) is 9.82. The number of Topliss-reactive ketones (excluding diaryl/α,β-unsaturated/α-hetero) is 1. The second kappa shape index (κ2) is 5.87. The Hall–Kier alpha value is -1.86. The quantitative estimate of drug-likeness (QED) is 0.784. The second-order valence-corrected chi connectivity index (χ2v) is 6.54. The molecule has 0 bridgehead atoms. The molecule has 4 nitrogen and oxygen atoms in total. The molecule has 1 fully saturated rings. The smallest absolute Gasteiger partial charge is 0.161 e. The standard InChI is InChI=1S/C17H23N3O/c1-13(21)15-6-5-14(12-18)11-16(15)19-7-9-20(10-8-19)17(2,3)4/h5-6,11H,7-10H2,1-4H3. The molecule has 4 heteroatoms. The molecule has 0 spiro atoms. The number of ketones is 1. The van der Waals surface area contributed by atoms with Gasteiger partial charge in [0.05, 0.1) is 11.6 Å². The third-order valence-corrected chi connectivity index (χ3v) is 4.08. The van der Waals surface area contributed by atoms with Crippen LogP contribution >= 0.6 is 0 Å². The average molecular weight is 285 g/mol. The fourth-order valence-corrected chi connectivity index (χ4v) is 2.78. The molecule has 0 aliphatic carbocycles. The van der Waals surface area contributed by atoms with Crippen LogP contribution in [-0.2, 0) is 0 Å². The van der Waals surface area contributed by atoms with Crippen LogP contribution in [0, 0.1) is 11.3 Å². The Bertz CT molecular complexity index is 573. The van der Waals surface area contributed by atoms with Gasteiger partial charge in [-0.15, -0.1) is 0 Å². The lowest BCUT2D eigenvalue weighted by Crippen LogP contribution is -2.53. The molecule has 0 saturated carbocycles. The Kier molecular flexibility index (Phi) is 4.34. The van der Waals surface area contributed by atoms with Crippen LogP contribution in [0.4, 0.5) is 5.69 Å². The molecule has 1 aromatic rings. The van der Waals surface area contributed by atoms with Crippen LogP contribution in [0.2, 0.25) is 0 Å². The minimum atomic E-state index is 0.0488. The molecule has 1 saturated heterocycles. The molecule has 112 valence electrons. The van der Waals surface area contributed by atoms with Crippen LogP contribution in [0.1, 0.15) is 43.6 Å². The fourth-order valence-electron chi connectivity index (χ4n) is 2.78. The van der Waals surface area contributed by atoms with Crippen LogP contribution in [0.3, 0.4) is 0 Å². The number of nitrogens with zero attached hydrogens (tertiary/aromatic N) is 3. The first-order valence-corrected chi connectivity index (χ1v) is 7.38. The summed E-state index contributed by atoms with van der Waals surface area (Å²) >= 11 is 0. The summed E-state index contributed by atoms with van der Waals surface area (Å²) in [4.78, 5) is 16.5. The van der Waals surface area contributed by atoms with E-state index < -0.39 is 0 Å². The molecule has 1 aliphatic heterocycles. The van der Waals surface area contributed by atoms with E-state index in [1.54, 1.807) is 19.1 Å². The number of benzene rings is 1. The summed E-state index contributed by atoms with van der Waals surface area (Å²) in [6.07, 6.45) is 0. The minimum absolute atomic E-state index is 0.0488. The van der Waals surface area contributed by atoms with E-state index in [2.05, 4.69) is 36.6 Å². The molecule has 0 amide bonds. The van der Waals surface area contributed by atoms with Crippen LogP contribution in [0.5, 0.6) is 0 Å².